The fraction of sp³-hybridized carbons (Fsp3) is 0.909. The van der Waals surface area contributed by atoms with Gasteiger partial charge < -0.3 is 4.74 Å². The monoisotopic (exact) mass is 562 g/mol. The number of unbranched alkanes of at least 4 members (excludes halogenated alkanes) is 6. The van der Waals surface area contributed by atoms with Gasteiger partial charge in [-0.1, -0.05) is 107 Å². The molecular formula is C33H55BrO2. The second-order valence-corrected chi connectivity index (χ2v) is 14.7. The van der Waals surface area contributed by atoms with Crippen LogP contribution in [0, 0.1) is 34.5 Å². The van der Waals surface area contributed by atoms with Crippen molar-refractivity contribution in [2.45, 2.75) is 154 Å². The van der Waals surface area contributed by atoms with Crippen molar-refractivity contribution in [2.24, 2.45) is 34.5 Å². The number of carbonyl (C=O) groups is 1. The van der Waals surface area contributed by atoms with Crippen LogP contribution in [0.15, 0.2) is 11.6 Å². The highest BCUT2D eigenvalue weighted by Crippen LogP contribution is 2.66. The van der Waals surface area contributed by atoms with Gasteiger partial charge in [0, 0.05) is 6.42 Å². The first-order valence-corrected chi connectivity index (χ1v) is 16.8. The van der Waals surface area contributed by atoms with Crippen molar-refractivity contribution in [3.8, 4) is 0 Å². The Balaban J connectivity index is 1.34. The molecule has 3 saturated carbocycles. The van der Waals surface area contributed by atoms with Crippen molar-refractivity contribution in [3.63, 3.8) is 0 Å². The summed E-state index contributed by atoms with van der Waals surface area (Å²) in [7, 11) is 0. The van der Waals surface area contributed by atoms with Crippen LogP contribution in [-0.2, 0) is 9.53 Å². The number of esters is 1. The van der Waals surface area contributed by atoms with Gasteiger partial charge in [0.1, 0.15) is 10.9 Å². The van der Waals surface area contributed by atoms with E-state index in [-0.39, 0.29) is 16.9 Å². The van der Waals surface area contributed by atoms with Gasteiger partial charge in [-0.05, 0) is 92.3 Å². The van der Waals surface area contributed by atoms with E-state index in [0.717, 1.165) is 55.8 Å². The van der Waals surface area contributed by atoms with Gasteiger partial charge in [-0.15, -0.1) is 0 Å². The number of fused-ring (bicyclic) bond motifs is 5. The van der Waals surface area contributed by atoms with Crippen LogP contribution in [0.2, 0.25) is 0 Å². The Morgan fingerprint density at radius 3 is 2.50 bits per heavy atom. The average molecular weight is 564 g/mol. The molecule has 0 aliphatic heterocycles. The predicted molar refractivity (Wildman–Crippen MR) is 155 cm³/mol. The zero-order chi connectivity index (χ0) is 25.8. The van der Waals surface area contributed by atoms with E-state index in [1.165, 1.54) is 83.5 Å². The molecule has 0 aromatic rings. The summed E-state index contributed by atoms with van der Waals surface area (Å²) < 4.78 is 6.02. The van der Waals surface area contributed by atoms with E-state index in [1.807, 2.05) is 0 Å². The first kappa shape index (κ1) is 28.7. The first-order valence-electron chi connectivity index (χ1n) is 15.9. The molecule has 0 saturated heterocycles. The van der Waals surface area contributed by atoms with Crippen molar-refractivity contribution >= 4 is 21.9 Å². The van der Waals surface area contributed by atoms with Crippen LogP contribution in [0.5, 0.6) is 0 Å². The molecule has 0 radical (unpaired) electrons. The van der Waals surface area contributed by atoms with E-state index in [9.17, 15) is 4.79 Å². The van der Waals surface area contributed by atoms with E-state index in [2.05, 4.69) is 49.7 Å². The number of halogens is 1. The van der Waals surface area contributed by atoms with E-state index in [1.54, 1.807) is 5.57 Å². The van der Waals surface area contributed by atoms with Crippen LogP contribution < -0.4 is 0 Å². The zero-order valence-corrected chi connectivity index (χ0v) is 25.5. The standard InChI is InChI=1S/C33H55BrO2/c1-5-7-9-10-11-12-13-24-16-18-28-27-17-15-25-23-26(36-31(35)30(34)14-8-6-2)19-21-33(25,4)29(27)20-22-32(24,28)3/h15,24,26-30H,5-14,16-23H2,1-4H3/t24-,26+,27+,28-,29-,30+,32-,33+/m1/s1. The largest absolute Gasteiger partial charge is 0.461 e. The molecule has 3 heteroatoms. The Morgan fingerprint density at radius 2 is 1.72 bits per heavy atom. The topological polar surface area (TPSA) is 26.3 Å². The minimum Gasteiger partial charge on any atom is -0.461 e. The summed E-state index contributed by atoms with van der Waals surface area (Å²) in [6.45, 7) is 9.75. The fourth-order valence-electron chi connectivity index (χ4n) is 9.22. The Bertz CT molecular complexity index is 761. The van der Waals surface area contributed by atoms with Crippen molar-refractivity contribution < 1.29 is 9.53 Å². The SMILES string of the molecule is CCCCCCCC[C@@H]1CC[C@@H]2[C@@H]3CC=C4C[C@@H](OC(=O)[C@@H](Br)CCCC)CC[C@]4(C)[C@@H]3CC[C@]12C. The summed E-state index contributed by atoms with van der Waals surface area (Å²) in [6, 6.07) is 0. The van der Waals surface area contributed by atoms with Crippen LogP contribution in [0.1, 0.15) is 143 Å². The molecule has 3 fully saturated rings. The number of hydrogen-bond acceptors (Lipinski definition) is 2. The van der Waals surface area contributed by atoms with Gasteiger partial charge in [0.15, 0.2) is 0 Å². The number of alkyl halides is 1. The maximum atomic E-state index is 12.6. The van der Waals surface area contributed by atoms with Gasteiger partial charge in [0.25, 0.3) is 0 Å². The molecule has 0 amide bonds. The zero-order valence-electron chi connectivity index (χ0n) is 24.0. The van der Waals surface area contributed by atoms with Crippen LogP contribution in [0.3, 0.4) is 0 Å². The summed E-state index contributed by atoms with van der Waals surface area (Å²) in [4.78, 5) is 12.5. The van der Waals surface area contributed by atoms with Crippen molar-refractivity contribution in [2.75, 3.05) is 0 Å². The van der Waals surface area contributed by atoms with Crippen LogP contribution >= 0.6 is 15.9 Å². The van der Waals surface area contributed by atoms with Gasteiger partial charge in [0.2, 0.25) is 0 Å². The Hall–Kier alpha value is -0.310. The molecule has 2 nitrogen and oxygen atoms in total. The number of allylic oxidation sites excluding steroid dienone is 1. The van der Waals surface area contributed by atoms with E-state index >= 15 is 0 Å². The summed E-state index contributed by atoms with van der Waals surface area (Å²) in [5.41, 5.74) is 2.54. The number of ether oxygens (including phenoxy) is 1. The molecule has 36 heavy (non-hydrogen) atoms. The number of rotatable bonds is 12. The van der Waals surface area contributed by atoms with Crippen LogP contribution in [-0.4, -0.2) is 16.9 Å². The van der Waals surface area contributed by atoms with Gasteiger partial charge in [-0.2, -0.15) is 0 Å². The van der Waals surface area contributed by atoms with Gasteiger partial charge in [-0.3, -0.25) is 4.79 Å². The molecule has 0 N–H and O–H groups in total. The lowest BCUT2D eigenvalue weighted by molar-refractivity contribution is -0.150. The summed E-state index contributed by atoms with van der Waals surface area (Å²) in [6.07, 6.45) is 26.1. The highest BCUT2D eigenvalue weighted by molar-refractivity contribution is 9.10. The molecule has 0 heterocycles. The highest BCUT2D eigenvalue weighted by atomic mass is 79.9. The number of hydrogen-bond donors (Lipinski definition) is 0. The third-order valence-corrected chi connectivity index (χ3v) is 12.3. The molecule has 0 aromatic carbocycles. The van der Waals surface area contributed by atoms with E-state index < -0.39 is 0 Å². The molecule has 0 spiro atoms. The number of carbonyl (C=O) groups excluding carboxylic acids is 1. The maximum absolute atomic E-state index is 12.6. The van der Waals surface area contributed by atoms with Crippen molar-refractivity contribution in [1.29, 1.82) is 0 Å². The van der Waals surface area contributed by atoms with Crippen LogP contribution in [0.25, 0.3) is 0 Å². The Morgan fingerprint density at radius 1 is 0.972 bits per heavy atom. The lowest BCUT2D eigenvalue weighted by Crippen LogP contribution is -2.50. The van der Waals surface area contributed by atoms with Gasteiger partial charge in [0.05, 0.1) is 0 Å². The summed E-state index contributed by atoms with van der Waals surface area (Å²) in [5.74, 6) is 3.58. The van der Waals surface area contributed by atoms with Crippen LogP contribution in [0.4, 0.5) is 0 Å². The summed E-state index contributed by atoms with van der Waals surface area (Å²) in [5, 5.41) is 0. The fourth-order valence-corrected chi connectivity index (χ4v) is 9.65. The normalized spacial score (nSPS) is 38.5. The maximum Gasteiger partial charge on any atom is 0.320 e. The lowest BCUT2D eigenvalue weighted by Gasteiger charge is -2.58. The van der Waals surface area contributed by atoms with E-state index in [0.29, 0.717) is 10.8 Å². The van der Waals surface area contributed by atoms with Gasteiger partial charge in [-0.25, -0.2) is 0 Å². The average Bonchev–Trinajstić information content (AvgIpc) is 3.21. The second-order valence-electron chi connectivity index (χ2n) is 13.5. The highest BCUT2D eigenvalue weighted by Gasteiger charge is 2.58. The third kappa shape index (κ3) is 5.96. The quantitative estimate of drug-likeness (QED) is 0.102. The van der Waals surface area contributed by atoms with Crippen molar-refractivity contribution in [1.82, 2.24) is 0 Å². The first-order chi connectivity index (χ1) is 17.3. The molecule has 4 aliphatic rings. The third-order valence-electron chi connectivity index (χ3n) is 11.5. The van der Waals surface area contributed by atoms with Gasteiger partial charge >= 0.3 is 5.97 Å². The minimum absolute atomic E-state index is 0.0397. The Kier molecular flexibility index (Phi) is 10.1. The smallest absolute Gasteiger partial charge is 0.320 e. The lowest BCUT2D eigenvalue weighted by atomic mass is 9.47. The molecule has 4 aliphatic carbocycles. The molecule has 0 aromatic heterocycles. The minimum atomic E-state index is -0.141. The van der Waals surface area contributed by atoms with E-state index in [4.69, 9.17) is 4.74 Å². The second kappa shape index (κ2) is 12.7. The molecule has 0 unspecified atom stereocenters. The van der Waals surface area contributed by atoms with Crippen molar-refractivity contribution in [3.05, 3.63) is 11.6 Å². The summed E-state index contributed by atoms with van der Waals surface area (Å²) >= 11 is 3.57. The molecule has 8 atom stereocenters. The predicted octanol–water partition coefficient (Wildman–Crippen LogP) is 10.2. The molecule has 4 rings (SSSR count). The molecular weight excluding hydrogens is 508 g/mol. The Labute approximate surface area is 231 Å². The molecule has 206 valence electrons. The molecule has 0 bridgehead atoms.